The Hall–Kier alpha value is -3.00. The summed E-state index contributed by atoms with van der Waals surface area (Å²) in [7, 11) is 1.94. The second kappa shape index (κ2) is 6.06. The predicted octanol–water partition coefficient (Wildman–Crippen LogP) is 2.20. The van der Waals surface area contributed by atoms with Crippen molar-refractivity contribution in [1.29, 1.82) is 0 Å². The lowest BCUT2D eigenvalue weighted by molar-refractivity contribution is 0.180. The first-order valence-corrected chi connectivity index (χ1v) is 8.38. The van der Waals surface area contributed by atoms with Crippen LogP contribution in [0.4, 0.5) is 10.6 Å². The number of nitrogens with two attached hydrogens (primary N) is 1. The molecule has 0 saturated carbocycles. The molecule has 3 aromatic rings. The molecule has 0 aliphatic carbocycles. The van der Waals surface area contributed by atoms with Gasteiger partial charge in [-0.25, -0.2) is 14.8 Å². The van der Waals surface area contributed by atoms with Crippen molar-refractivity contribution in [3.05, 3.63) is 36.5 Å². The lowest BCUT2D eigenvalue weighted by Gasteiger charge is -2.20. The summed E-state index contributed by atoms with van der Waals surface area (Å²) >= 11 is 0. The molecule has 0 radical (unpaired) electrons. The average Bonchev–Trinajstić information content (AvgIpc) is 3.19. The number of urea groups is 1. The lowest BCUT2D eigenvalue weighted by Crippen LogP contribution is -2.23. The standard InChI is InChI=1S/C18H20N6O2/c1-18(3-4-26-10-18)15-8-20-6-13(22-15)12-9-24(2)14-7-21-16(5-11(12)14)23-17(19)25/h5-9H,3-4,10H2,1-2H3,(H3,19,21,23,25)/t18-/m0/s1. The molecular formula is C18H20N6O2. The van der Waals surface area contributed by atoms with Crippen molar-refractivity contribution < 1.29 is 9.53 Å². The topological polar surface area (TPSA) is 108 Å². The summed E-state index contributed by atoms with van der Waals surface area (Å²) in [5.41, 5.74) is 8.63. The number of pyridine rings is 1. The summed E-state index contributed by atoms with van der Waals surface area (Å²) in [6.07, 6.45) is 8.18. The Morgan fingerprint density at radius 3 is 2.96 bits per heavy atom. The normalized spacial score (nSPS) is 19.8. The molecule has 0 bridgehead atoms. The molecule has 3 N–H and O–H groups in total. The van der Waals surface area contributed by atoms with Crippen molar-refractivity contribution in [3.63, 3.8) is 0 Å². The van der Waals surface area contributed by atoms with Gasteiger partial charge in [0.1, 0.15) is 5.82 Å². The third-order valence-corrected chi connectivity index (χ3v) is 4.87. The van der Waals surface area contributed by atoms with E-state index in [4.69, 9.17) is 15.5 Å². The summed E-state index contributed by atoms with van der Waals surface area (Å²) < 4.78 is 7.53. The Morgan fingerprint density at radius 2 is 2.23 bits per heavy atom. The number of carbonyl (C=O) groups excluding carboxylic acids is 1. The zero-order valence-electron chi connectivity index (χ0n) is 14.7. The zero-order valence-corrected chi connectivity index (χ0v) is 14.7. The first-order valence-electron chi connectivity index (χ1n) is 8.38. The predicted molar refractivity (Wildman–Crippen MR) is 97.7 cm³/mol. The van der Waals surface area contributed by atoms with Gasteiger partial charge in [0.2, 0.25) is 0 Å². The number of rotatable bonds is 3. The first kappa shape index (κ1) is 16.5. The van der Waals surface area contributed by atoms with Gasteiger partial charge in [0.05, 0.1) is 35.9 Å². The Balaban J connectivity index is 1.82. The second-order valence-electron chi connectivity index (χ2n) is 6.88. The van der Waals surface area contributed by atoms with E-state index < -0.39 is 6.03 Å². The lowest BCUT2D eigenvalue weighted by atomic mass is 9.86. The molecule has 8 nitrogen and oxygen atoms in total. The highest BCUT2D eigenvalue weighted by Gasteiger charge is 2.33. The second-order valence-corrected chi connectivity index (χ2v) is 6.88. The quantitative estimate of drug-likeness (QED) is 0.751. The number of carbonyl (C=O) groups is 1. The van der Waals surface area contributed by atoms with E-state index in [9.17, 15) is 4.79 Å². The third-order valence-electron chi connectivity index (χ3n) is 4.87. The van der Waals surface area contributed by atoms with E-state index in [2.05, 4.69) is 22.2 Å². The molecule has 1 aliphatic heterocycles. The number of ether oxygens (including phenoxy) is 1. The molecule has 0 unspecified atom stereocenters. The minimum atomic E-state index is -0.648. The average molecular weight is 352 g/mol. The number of anilines is 1. The zero-order chi connectivity index (χ0) is 18.3. The number of nitrogens with one attached hydrogen (secondary N) is 1. The Bertz CT molecular complexity index is 991. The van der Waals surface area contributed by atoms with Crippen molar-refractivity contribution >= 4 is 22.8 Å². The number of amides is 2. The van der Waals surface area contributed by atoms with Gasteiger partial charge in [-0.2, -0.15) is 0 Å². The number of nitrogens with zero attached hydrogens (tertiary/aromatic N) is 4. The molecule has 0 spiro atoms. The Kier molecular flexibility index (Phi) is 3.84. The number of primary amides is 1. The molecule has 1 saturated heterocycles. The van der Waals surface area contributed by atoms with E-state index in [-0.39, 0.29) is 5.41 Å². The van der Waals surface area contributed by atoms with Gasteiger partial charge in [0, 0.05) is 42.4 Å². The van der Waals surface area contributed by atoms with Crippen LogP contribution >= 0.6 is 0 Å². The van der Waals surface area contributed by atoms with E-state index in [0.29, 0.717) is 12.4 Å². The van der Waals surface area contributed by atoms with E-state index in [1.807, 2.05) is 24.0 Å². The van der Waals surface area contributed by atoms with Crippen LogP contribution in [0.25, 0.3) is 22.2 Å². The maximum Gasteiger partial charge on any atom is 0.317 e. The van der Waals surface area contributed by atoms with Crippen LogP contribution in [0.2, 0.25) is 0 Å². The van der Waals surface area contributed by atoms with E-state index in [1.165, 1.54) is 0 Å². The summed E-state index contributed by atoms with van der Waals surface area (Å²) in [6.45, 7) is 3.54. The van der Waals surface area contributed by atoms with Crippen molar-refractivity contribution in [2.75, 3.05) is 18.5 Å². The molecule has 1 aliphatic rings. The molecule has 1 fully saturated rings. The van der Waals surface area contributed by atoms with Gasteiger partial charge >= 0.3 is 6.03 Å². The maximum atomic E-state index is 11.1. The summed E-state index contributed by atoms with van der Waals surface area (Å²) in [4.78, 5) is 24.6. The highest BCUT2D eigenvalue weighted by atomic mass is 16.5. The summed E-state index contributed by atoms with van der Waals surface area (Å²) in [5.74, 6) is 0.401. The SMILES string of the molecule is Cn1cc(-c2cncc([C@@]3(C)CCOC3)n2)c2cc(NC(N)=O)ncc21. The van der Waals surface area contributed by atoms with Crippen LogP contribution in [0.15, 0.2) is 30.9 Å². The molecule has 2 amide bonds. The molecule has 0 aromatic carbocycles. The molecule has 134 valence electrons. The third kappa shape index (κ3) is 2.78. The number of hydrogen-bond acceptors (Lipinski definition) is 5. The number of aromatic nitrogens is 4. The van der Waals surface area contributed by atoms with Gasteiger partial charge in [-0.15, -0.1) is 0 Å². The number of aryl methyl sites for hydroxylation is 1. The Labute approximate surface area is 150 Å². The van der Waals surface area contributed by atoms with Crippen LogP contribution in [0.5, 0.6) is 0 Å². The van der Waals surface area contributed by atoms with Crippen molar-refractivity contribution in [2.45, 2.75) is 18.8 Å². The van der Waals surface area contributed by atoms with Crippen molar-refractivity contribution in [1.82, 2.24) is 19.5 Å². The highest BCUT2D eigenvalue weighted by Crippen LogP contribution is 2.34. The molecule has 1 atom stereocenters. The fourth-order valence-electron chi connectivity index (χ4n) is 3.33. The van der Waals surface area contributed by atoms with Gasteiger partial charge in [0.15, 0.2) is 0 Å². The summed E-state index contributed by atoms with van der Waals surface area (Å²) in [6, 6.07) is 1.15. The monoisotopic (exact) mass is 352 g/mol. The highest BCUT2D eigenvalue weighted by molar-refractivity contribution is 5.97. The molecule has 8 heteroatoms. The largest absolute Gasteiger partial charge is 0.380 e. The smallest absolute Gasteiger partial charge is 0.317 e. The van der Waals surface area contributed by atoms with Crippen LogP contribution in [0, 0.1) is 0 Å². The van der Waals surface area contributed by atoms with E-state index in [0.717, 1.165) is 40.9 Å². The minimum Gasteiger partial charge on any atom is -0.380 e. The maximum absolute atomic E-state index is 11.1. The van der Waals surface area contributed by atoms with Crippen LogP contribution < -0.4 is 11.1 Å². The van der Waals surface area contributed by atoms with Gasteiger partial charge in [0.25, 0.3) is 0 Å². The van der Waals surface area contributed by atoms with Crippen LogP contribution in [-0.4, -0.2) is 38.8 Å². The Morgan fingerprint density at radius 1 is 1.38 bits per heavy atom. The van der Waals surface area contributed by atoms with Crippen LogP contribution in [0.3, 0.4) is 0 Å². The van der Waals surface area contributed by atoms with Crippen molar-refractivity contribution in [3.8, 4) is 11.3 Å². The fourth-order valence-corrected chi connectivity index (χ4v) is 3.33. The van der Waals surface area contributed by atoms with Gasteiger partial charge in [-0.3, -0.25) is 10.3 Å². The molecule has 4 heterocycles. The molecule has 26 heavy (non-hydrogen) atoms. The fraction of sp³-hybridized carbons (Fsp3) is 0.333. The van der Waals surface area contributed by atoms with Gasteiger partial charge in [-0.05, 0) is 12.5 Å². The van der Waals surface area contributed by atoms with E-state index >= 15 is 0 Å². The van der Waals surface area contributed by atoms with Crippen molar-refractivity contribution in [2.24, 2.45) is 12.8 Å². The van der Waals surface area contributed by atoms with Crippen LogP contribution in [-0.2, 0) is 17.2 Å². The van der Waals surface area contributed by atoms with Gasteiger partial charge in [-0.1, -0.05) is 6.92 Å². The van der Waals surface area contributed by atoms with Gasteiger partial charge < -0.3 is 15.0 Å². The number of fused-ring (bicyclic) bond motifs is 1. The van der Waals surface area contributed by atoms with E-state index in [1.54, 1.807) is 18.5 Å². The molecule has 3 aromatic heterocycles. The van der Waals surface area contributed by atoms with Crippen LogP contribution in [0.1, 0.15) is 19.0 Å². The molecular weight excluding hydrogens is 332 g/mol. The minimum absolute atomic E-state index is 0.117. The summed E-state index contributed by atoms with van der Waals surface area (Å²) in [5, 5.41) is 3.43. The number of hydrogen-bond donors (Lipinski definition) is 2. The first-order chi connectivity index (χ1) is 12.5. The molecule has 4 rings (SSSR count).